The number of carbonyl (C=O) groups excluding carboxylic acids is 2. The van der Waals surface area contributed by atoms with Gasteiger partial charge >= 0.3 is 12.2 Å². The number of pyridine rings is 1. The smallest absolute Gasteiger partial charge is 0.321 e. The molecule has 0 bridgehead atoms. The first kappa shape index (κ1) is 26.0. The third kappa shape index (κ3) is 5.07. The van der Waals surface area contributed by atoms with Crippen LogP contribution in [0.2, 0.25) is 5.02 Å². The fourth-order valence-corrected chi connectivity index (χ4v) is 4.11. The van der Waals surface area contributed by atoms with E-state index in [0.29, 0.717) is 11.8 Å². The van der Waals surface area contributed by atoms with Gasteiger partial charge in [-0.2, -0.15) is 24.9 Å². The van der Waals surface area contributed by atoms with E-state index in [0.717, 1.165) is 28.0 Å². The van der Waals surface area contributed by atoms with E-state index in [9.17, 15) is 31.5 Å². The molecule has 0 radical (unpaired) electrons. The Hall–Kier alpha value is -2.60. The molecular weight excluding hydrogens is 503 g/mol. The Morgan fingerprint density at radius 1 is 1.29 bits per heavy atom. The highest BCUT2D eigenvalue weighted by atomic mass is 35.5. The Balaban J connectivity index is 2.05. The number of aromatic nitrogens is 1. The third-order valence-corrected chi connectivity index (χ3v) is 6.19. The summed E-state index contributed by atoms with van der Waals surface area (Å²) in [6.45, 7) is 1.42. The van der Waals surface area contributed by atoms with Crippen LogP contribution in [0.1, 0.15) is 11.3 Å². The Labute approximate surface area is 201 Å². The predicted octanol–water partition coefficient (Wildman–Crippen LogP) is 4.98. The number of thioether (sulfide) groups is 1. The molecule has 0 spiro atoms. The van der Waals surface area contributed by atoms with Crippen LogP contribution >= 0.6 is 23.4 Å². The van der Waals surface area contributed by atoms with Crippen LogP contribution in [-0.2, 0) is 11.0 Å². The summed E-state index contributed by atoms with van der Waals surface area (Å²) in [4.78, 5) is 33.6. The van der Waals surface area contributed by atoms with Crippen LogP contribution < -0.4 is 9.80 Å². The van der Waals surface area contributed by atoms with Crippen LogP contribution in [0.4, 0.5) is 38.3 Å². The lowest BCUT2D eigenvalue weighted by Gasteiger charge is -2.27. The topological polar surface area (TPSA) is 56.8 Å². The van der Waals surface area contributed by atoms with Gasteiger partial charge in [0.2, 0.25) is 0 Å². The number of likely N-dealkylation sites (N-methyl/N-ethyl adjacent to an activating group) is 1. The highest BCUT2D eigenvalue weighted by Gasteiger charge is 2.45. The van der Waals surface area contributed by atoms with Crippen LogP contribution in [0.3, 0.4) is 0 Å². The van der Waals surface area contributed by atoms with Crippen molar-refractivity contribution in [1.29, 1.82) is 0 Å². The fraction of sp³-hybridized carbons (Fsp3) is 0.381. The standard InChI is InChI=1S/C21H20ClF5N4O2S/c1-11-8-12(21(25,26)27)9-16(28-11)31-15(10-30(20(31)33)6-7-34-3)19(32)29(2)14-5-4-13(23)17(22)18(14)24/h4-5,8-9,15H,6-7,10H2,1-3H3/t15-/m0/s1. The molecule has 2 aromatic rings. The minimum Gasteiger partial charge on any atom is -0.321 e. The zero-order valence-electron chi connectivity index (χ0n) is 18.3. The van der Waals surface area contributed by atoms with Crippen molar-refractivity contribution in [3.05, 3.63) is 52.2 Å². The highest BCUT2D eigenvalue weighted by molar-refractivity contribution is 7.98. The summed E-state index contributed by atoms with van der Waals surface area (Å²) in [5, 5.41) is -0.812. The number of halogens is 6. The zero-order valence-corrected chi connectivity index (χ0v) is 19.9. The van der Waals surface area contributed by atoms with Crippen molar-refractivity contribution in [3.8, 4) is 0 Å². The number of anilines is 2. The number of amides is 3. The monoisotopic (exact) mass is 522 g/mol. The molecule has 1 saturated heterocycles. The molecule has 0 unspecified atom stereocenters. The number of hydrogen-bond acceptors (Lipinski definition) is 4. The van der Waals surface area contributed by atoms with Crippen molar-refractivity contribution < 1.29 is 31.5 Å². The molecule has 1 aromatic heterocycles. The van der Waals surface area contributed by atoms with Gasteiger partial charge < -0.3 is 9.80 Å². The number of aryl methyl sites for hydroxylation is 1. The molecule has 1 aliphatic heterocycles. The molecule has 1 aliphatic rings. The lowest BCUT2D eigenvalue weighted by molar-refractivity contribution is -0.137. The van der Waals surface area contributed by atoms with Crippen LogP contribution in [-0.4, -0.2) is 60.0 Å². The normalized spacial score (nSPS) is 16.4. The van der Waals surface area contributed by atoms with Gasteiger partial charge in [0.25, 0.3) is 5.91 Å². The number of urea groups is 1. The molecular formula is C21H20ClF5N4O2S. The van der Waals surface area contributed by atoms with E-state index < -0.39 is 46.4 Å². The second kappa shape index (κ2) is 9.95. The summed E-state index contributed by atoms with van der Waals surface area (Å²) in [5.74, 6) is -2.84. The summed E-state index contributed by atoms with van der Waals surface area (Å²) in [5.41, 5.74) is -1.38. The Morgan fingerprint density at radius 2 is 1.97 bits per heavy atom. The maximum atomic E-state index is 14.5. The first-order chi connectivity index (χ1) is 15.9. The summed E-state index contributed by atoms with van der Waals surface area (Å²) >= 11 is 7.06. The van der Waals surface area contributed by atoms with E-state index in [1.54, 1.807) is 0 Å². The first-order valence-electron chi connectivity index (χ1n) is 9.90. The van der Waals surface area contributed by atoms with E-state index in [1.807, 2.05) is 6.26 Å². The molecule has 1 fully saturated rings. The van der Waals surface area contributed by atoms with Gasteiger partial charge in [0.1, 0.15) is 22.7 Å². The number of carbonyl (C=O) groups is 2. The first-order valence-corrected chi connectivity index (χ1v) is 11.7. The van der Waals surface area contributed by atoms with E-state index in [4.69, 9.17) is 11.6 Å². The van der Waals surface area contributed by atoms with Gasteiger partial charge in [-0.05, 0) is 37.4 Å². The second-order valence-electron chi connectivity index (χ2n) is 7.55. The second-order valence-corrected chi connectivity index (χ2v) is 8.92. The van der Waals surface area contributed by atoms with Crippen LogP contribution in [0.25, 0.3) is 0 Å². The molecule has 0 aliphatic carbocycles. The Kier molecular flexibility index (Phi) is 7.61. The Morgan fingerprint density at radius 3 is 2.59 bits per heavy atom. The SMILES string of the molecule is CSCCN1C[C@@H](C(=O)N(C)c2ccc(F)c(Cl)c2F)N(c2cc(C(F)(F)F)cc(C)n2)C1=O. The fourth-order valence-electron chi connectivity index (χ4n) is 3.54. The Bertz CT molecular complexity index is 1120. The van der Waals surface area contributed by atoms with Gasteiger partial charge in [-0.3, -0.25) is 9.69 Å². The summed E-state index contributed by atoms with van der Waals surface area (Å²) in [7, 11) is 1.20. The van der Waals surface area contributed by atoms with Gasteiger partial charge in [-0.1, -0.05) is 11.6 Å². The molecule has 184 valence electrons. The van der Waals surface area contributed by atoms with E-state index in [2.05, 4.69) is 4.98 Å². The van der Waals surface area contributed by atoms with Crippen molar-refractivity contribution in [2.24, 2.45) is 0 Å². The van der Waals surface area contributed by atoms with Gasteiger partial charge in [-0.15, -0.1) is 0 Å². The predicted molar refractivity (Wildman–Crippen MR) is 120 cm³/mol. The van der Waals surface area contributed by atoms with Crippen molar-refractivity contribution in [2.75, 3.05) is 41.9 Å². The molecule has 2 heterocycles. The molecule has 0 N–H and O–H groups in total. The highest BCUT2D eigenvalue weighted by Crippen LogP contribution is 2.34. The minimum atomic E-state index is -4.70. The maximum absolute atomic E-state index is 14.5. The van der Waals surface area contributed by atoms with Crippen molar-refractivity contribution in [3.63, 3.8) is 0 Å². The van der Waals surface area contributed by atoms with Crippen molar-refractivity contribution in [1.82, 2.24) is 9.88 Å². The van der Waals surface area contributed by atoms with Gasteiger partial charge in [0, 0.05) is 25.0 Å². The molecule has 13 heteroatoms. The van der Waals surface area contributed by atoms with Gasteiger partial charge in [0.05, 0.1) is 17.8 Å². The van der Waals surface area contributed by atoms with Crippen LogP contribution in [0.15, 0.2) is 24.3 Å². The van der Waals surface area contributed by atoms with Crippen LogP contribution in [0, 0.1) is 18.6 Å². The number of benzene rings is 1. The van der Waals surface area contributed by atoms with Crippen LogP contribution in [0.5, 0.6) is 0 Å². The molecule has 3 rings (SSSR count). The number of hydrogen-bond donors (Lipinski definition) is 0. The van der Waals surface area contributed by atoms with E-state index >= 15 is 0 Å². The van der Waals surface area contributed by atoms with Crippen molar-refractivity contribution >= 4 is 46.8 Å². The summed E-state index contributed by atoms with van der Waals surface area (Å²) in [6.07, 6.45) is -2.89. The molecule has 1 aromatic carbocycles. The average Bonchev–Trinajstić information content (AvgIpc) is 3.10. The average molecular weight is 523 g/mol. The zero-order chi connectivity index (χ0) is 25.4. The lowest BCUT2D eigenvalue weighted by Crippen LogP contribution is -2.47. The summed E-state index contributed by atoms with van der Waals surface area (Å²) < 4.78 is 68.3. The van der Waals surface area contributed by atoms with E-state index in [1.165, 1.54) is 30.6 Å². The van der Waals surface area contributed by atoms with E-state index in [-0.39, 0.29) is 30.3 Å². The molecule has 0 saturated carbocycles. The van der Waals surface area contributed by atoms with Crippen molar-refractivity contribution in [2.45, 2.75) is 19.1 Å². The molecule has 34 heavy (non-hydrogen) atoms. The molecule has 6 nitrogen and oxygen atoms in total. The maximum Gasteiger partial charge on any atom is 0.416 e. The number of alkyl halides is 3. The third-order valence-electron chi connectivity index (χ3n) is 5.25. The minimum absolute atomic E-state index is 0.00361. The lowest BCUT2D eigenvalue weighted by atomic mass is 10.1. The van der Waals surface area contributed by atoms with Gasteiger partial charge in [0.15, 0.2) is 5.82 Å². The number of nitrogens with zero attached hydrogens (tertiary/aromatic N) is 4. The summed E-state index contributed by atoms with van der Waals surface area (Å²) in [6, 6.07) is 1.40. The number of rotatable bonds is 6. The molecule has 1 atom stereocenters. The molecule has 3 amide bonds. The quantitative estimate of drug-likeness (QED) is 0.397. The largest absolute Gasteiger partial charge is 0.416 e. The van der Waals surface area contributed by atoms with Gasteiger partial charge in [-0.25, -0.2) is 18.6 Å².